The molecule has 0 nitrogen and oxygen atoms in total. The van der Waals surface area contributed by atoms with E-state index in [1.54, 1.807) is 10.4 Å². The minimum atomic E-state index is -1.53. The molecule has 0 aromatic heterocycles. The van der Waals surface area contributed by atoms with Gasteiger partial charge in [-0.05, 0) is 32.7 Å². The van der Waals surface area contributed by atoms with E-state index in [2.05, 4.69) is 112 Å². The van der Waals surface area contributed by atoms with Crippen molar-refractivity contribution in [2.45, 2.75) is 39.3 Å². The van der Waals surface area contributed by atoms with Crippen molar-refractivity contribution in [3.63, 3.8) is 0 Å². The van der Waals surface area contributed by atoms with Crippen LogP contribution in [0.25, 0.3) is 32.7 Å². The van der Waals surface area contributed by atoms with Gasteiger partial charge in [0.25, 0.3) is 0 Å². The first-order chi connectivity index (χ1) is 13.2. The molecule has 0 saturated carbocycles. The zero-order chi connectivity index (χ0) is 20.1. The summed E-state index contributed by atoms with van der Waals surface area (Å²) < 4.78 is 0. The summed E-state index contributed by atoms with van der Waals surface area (Å²) >= 11 is 0. The normalized spacial score (nSPS) is 12.6. The Morgan fingerprint density at radius 3 is 1.14 bits per heavy atom. The Hall–Kier alpha value is -2.17. The minimum absolute atomic E-state index is 1.34. The van der Waals surface area contributed by atoms with Crippen LogP contribution in [0.15, 0.2) is 72.8 Å². The molecular formula is C26H30Si2. The van der Waals surface area contributed by atoms with E-state index in [1.807, 2.05) is 0 Å². The predicted molar refractivity (Wildman–Crippen MR) is 133 cm³/mol. The lowest BCUT2D eigenvalue weighted by atomic mass is 9.93. The van der Waals surface area contributed by atoms with Crippen molar-refractivity contribution < 1.29 is 0 Å². The fraction of sp³-hybridized carbons (Fsp3) is 0.231. The molecule has 0 amide bonds. The van der Waals surface area contributed by atoms with Gasteiger partial charge in [-0.3, -0.25) is 0 Å². The van der Waals surface area contributed by atoms with Gasteiger partial charge in [-0.1, -0.05) is 122 Å². The van der Waals surface area contributed by atoms with Gasteiger partial charge in [0.15, 0.2) is 0 Å². The van der Waals surface area contributed by atoms with Gasteiger partial charge in [0.1, 0.15) is 0 Å². The van der Waals surface area contributed by atoms with Crippen molar-refractivity contribution in [1.82, 2.24) is 0 Å². The molecule has 0 aliphatic rings. The number of benzene rings is 4. The van der Waals surface area contributed by atoms with Gasteiger partial charge in [-0.25, -0.2) is 0 Å². The van der Waals surface area contributed by atoms with Crippen molar-refractivity contribution in [1.29, 1.82) is 0 Å². The van der Waals surface area contributed by atoms with Gasteiger partial charge in [-0.15, -0.1) is 0 Å². The van der Waals surface area contributed by atoms with Gasteiger partial charge >= 0.3 is 0 Å². The molecular weight excluding hydrogens is 368 g/mol. The molecule has 0 atom stereocenters. The zero-order valence-corrected chi connectivity index (χ0v) is 19.9. The maximum absolute atomic E-state index is 2.47. The Kier molecular flexibility index (Phi) is 4.60. The molecule has 0 saturated heterocycles. The van der Waals surface area contributed by atoms with Crippen LogP contribution in [0.4, 0.5) is 0 Å². The maximum atomic E-state index is 2.47. The van der Waals surface area contributed by atoms with Crippen LogP contribution in [0, 0.1) is 0 Å². The highest BCUT2D eigenvalue weighted by atomic mass is 28.3. The summed E-state index contributed by atoms with van der Waals surface area (Å²) in [5.41, 5.74) is 2.98. The Morgan fingerprint density at radius 1 is 0.429 bits per heavy atom. The Balaban J connectivity index is 2.27. The van der Waals surface area contributed by atoms with Crippen molar-refractivity contribution in [2.24, 2.45) is 0 Å². The summed E-state index contributed by atoms with van der Waals surface area (Å²) in [6.07, 6.45) is 0. The van der Waals surface area contributed by atoms with Crippen molar-refractivity contribution in [2.75, 3.05) is 0 Å². The fourth-order valence-electron chi connectivity index (χ4n) is 4.33. The summed E-state index contributed by atoms with van der Waals surface area (Å²) in [4.78, 5) is 0. The second-order valence-electron chi connectivity index (χ2n) is 9.92. The summed E-state index contributed by atoms with van der Waals surface area (Å²) in [5.74, 6) is 0. The van der Waals surface area contributed by atoms with Gasteiger partial charge in [0.05, 0.1) is 16.1 Å². The third-order valence-electron chi connectivity index (χ3n) is 5.72. The molecule has 28 heavy (non-hydrogen) atoms. The topological polar surface area (TPSA) is 0 Å². The molecule has 4 aromatic rings. The molecule has 0 aliphatic heterocycles. The highest BCUT2D eigenvalue weighted by molar-refractivity contribution is 6.91. The Morgan fingerprint density at radius 2 is 0.786 bits per heavy atom. The number of rotatable bonds is 3. The van der Waals surface area contributed by atoms with E-state index in [-0.39, 0.29) is 0 Å². The number of hydrogen-bond acceptors (Lipinski definition) is 0. The van der Waals surface area contributed by atoms with E-state index in [0.29, 0.717) is 0 Å². The standard InChI is InChI=1S/C26H30Si2/c1-27(2,3)23-17-15-19-11-7-9-13-21(19)25(23)26-22-14-10-8-12-20(22)16-18-24(26)28(4,5)6/h7-18H,1-6H3. The molecule has 142 valence electrons. The van der Waals surface area contributed by atoms with E-state index in [4.69, 9.17) is 0 Å². The molecule has 4 rings (SSSR count). The molecule has 0 bridgehead atoms. The van der Waals surface area contributed by atoms with Crippen LogP contribution in [0.1, 0.15) is 0 Å². The predicted octanol–water partition coefficient (Wildman–Crippen LogP) is 6.75. The first kappa shape index (κ1) is 19.2. The van der Waals surface area contributed by atoms with Crippen LogP contribution < -0.4 is 10.4 Å². The maximum Gasteiger partial charge on any atom is 0.0784 e. The highest BCUT2D eigenvalue weighted by Gasteiger charge is 2.28. The monoisotopic (exact) mass is 398 g/mol. The molecule has 0 radical (unpaired) electrons. The van der Waals surface area contributed by atoms with Gasteiger partial charge in [-0.2, -0.15) is 0 Å². The average Bonchev–Trinajstić information content (AvgIpc) is 2.64. The SMILES string of the molecule is C[Si](C)(C)c1ccc2ccccc2c1-c1c([Si](C)(C)C)ccc2ccccc12. The van der Waals surface area contributed by atoms with Crippen LogP contribution in [0.5, 0.6) is 0 Å². The van der Waals surface area contributed by atoms with E-state index >= 15 is 0 Å². The first-order valence-corrected chi connectivity index (χ1v) is 17.2. The molecule has 2 heteroatoms. The summed E-state index contributed by atoms with van der Waals surface area (Å²) in [7, 11) is -3.06. The van der Waals surface area contributed by atoms with Crippen LogP contribution in [-0.2, 0) is 0 Å². The van der Waals surface area contributed by atoms with Crippen LogP contribution in [0.3, 0.4) is 0 Å². The molecule has 0 N–H and O–H groups in total. The summed E-state index contributed by atoms with van der Waals surface area (Å²) in [6.45, 7) is 14.8. The summed E-state index contributed by atoms with van der Waals surface area (Å²) in [5, 5.41) is 8.63. The first-order valence-electron chi connectivity index (χ1n) is 10.2. The van der Waals surface area contributed by atoms with E-state index in [1.165, 1.54) is 32.7 Å². The molecule has 0 fully saturated rings. The van der Waals surface area contributed by atoms with Crippen LogP contribution in [0.2, 0.25) is 39.3 Å². The molecule has 4 aromatic carbocycles. The number of hydrogen-bond donors (Lipinski definition) is 0. The Bertz CT molecular complexity index is 1080. The van der Waals surface area contributed by atoms with Crippen molar-refractivity contribution in [3.05, 3.63) is 72.8 Å². The lowest BCUT2D eigenvalue weighted by molar-refractivity contribution is 1.66. The Labute approximate surface area is 171 Å². The van der Waals surface area contributed by atoms with E-state index in [0.717, 1.165) is 0 Å². The molecule has 0 spiro atoms. The molecule has 0 unspecified atom stereocenters. The molecule has 0 heterocycles. The highest BCUT2D eigenvalue weighted by Crippen LogP contribution is 2.34. The smallest absolute Gasteiger partial charge is 0.0656 e. The zero-order valence-electron chi connectivity index (χ0n) is 17.9. The summed E-state index contributed by atoms with van der Waals surface area (Å²) in [6, 6.07) is 27.3. The van der Waals surface area contributed by atoms with Gasteiger partial charge in [0, 0.05) is 0 Å². The fourth-order valence-corrected chi connectivity index (χ4v) is 7.52. The molecule has 0 aliphatic carbocycles. The number of fused-ring (bicyclic) bond motifs is 2. The lowest BCUT2D eigenvalue weighted by Gasteiger charge is -2.28. The quantitative estimate of drug-likeness (QED) is 0.335. The van der Waals surface area contributed by atoms with Crippen molar-refractivity contribution >= 4 is 48.1 Å². The third kappa shape index (κ3) is 3.25. The largest absolute Gasteiger partial charge is 0.0784 e. The third-order valence-corrected chi connectivity index (χ3v) is 9.79. The van der Waals surface area contributed by atoms with E-state index < -0.39 is 16.1 Å². The lowest BCUT2D eigenvalue weighted by Crippen LogP contribution is -2.43. The van der Waals surface area contributed by atoms with E-state index in [9.17, 15) is 0 Å². The van der Waals surface area contributed by atoms with Crippen molar-refractivity contribution in [3.8, 4) is 11.1 Å². The second kappa shape index (κ2) is 6.72. The second-order valence-corrected chi connectivity index (χ2v) is 20.0. The van der Waals surface area contributed by atoms with Crippen LogP contribution in [-0.4, -0.2) is 16.1 Å². The van der Waals surface area contributed by atoms with Gasteiger partial charge in [0.2, 0.25) is 0 Å². The minimum Gasteiger partial charge on any atom is -0.0656 e. The average molecular weight is 399 g/mol. The van der Waals surface area contributed by atoms with Crippen LogP contribution >= 0.6 is 0 Å². The van der Waals surface area contributed by atoms with Gasteiger partial charge < -0.3 is 0 Å².